The Kier molecular flexibility index (Phi) is 4.07. The summed E-state index contributed by atoms with van der Waals surface area (Å²) in [6, 6.07) is 0. The number of hydrogen-bond acceptors (Lipinski definition) is 3. The van der Waals surface area contributed by atoms with Crippen molar-refractivity contribution >= 4 is 12.1 Å². The van der Waals surface area contributed by atoms with E-state index in [9.17, 15) is 14.0 Å². The Morgan fingerprint density at radius 3 is 2.42 bits per heavy atom. The molecule has 6 heteroatoms. The highest BCUT2D eigenvalue weighted by atomic mass is 19.1. The SMILES string of the molecule is C=COC(=O)N1CC2CCCC(C1)C2C(F)C(=O)O. The molecule has 106 valence electrons. The molecule has 1 amide bonds. The maximum Gasteiger partial charge on any atom is 0.414 e. The number of carboxylic acids is 1. The van der Waals surface area contributed by atoms with E-state index in [1.54, 1.807) is 0 Å². The van der Waals surface area contributed by atoms with E-state index in [-0.39, 0.29) is 11.8 Å². The average Bonchev–Trinajstić information content (AvgIpc) is 2.36. The molecule has 1 aliphatic heterocycles. The summed E-state index contributed by atoms with van der Waals surface area (Å²) in [4.78, 5) is 24.0. The minimum absolute atomic E-state index is 0.101. The number of likely N-dealkylation sites (tertiary alicyclic amines) is 1. The van der Waals surface area contributed by atoms with Crippen LogP contribution in [0, 0.1) is 17.8 Å². The summed E-state index contributed by atoms with van der Waals surface area (Å²) in [5.41, 5.74) is 0. The second-order valence-electron chi connectivity index (χ2n) is 5.22. The highest BCUT2D eigenvalue weighted by Gasteiger charge is 2.47. The fourth-order valence-corrected chi connectivity index (χ4v) is 3.42. The molecule has 0 radical (unpaired) electrons. The molecular formula is C13H18FNO4. The molecule has 2 rings (SSSR count). The lowest BCUT2D eigenvalue weighted by Gasteiger charge is -2.47. The number of fused-ring (bicyclic) bond motifs is 2. The van der Waals surface area contributed by atoms with Gasteiger partial charge >= 0.3 is 12.1 Å². The van der Waals surface area contributed by atoms with Crippen LogP contribution in [0.15, 0.2) is 12.8 Å². The van der Waals surface area contributed by atoms with E-state index < -0.39 is 24.2 Å². The first-order valence-corrected chi connectivity index (χ1v) is 6.48. The predicted octanol–water partition coefficient (Wildman–Crippen LogP) is 2.04. The highest BCUT2D eigenvalue weighted by molar-refractivity contribution is 5.73. The van der Waals surface area contributed by atoms with Crippen LogP contribution >= 0.6 is 0 Å². The van der Waals surface area contributed by atoms with Crippen molar-refractivity contribution < 1.29 is 23.8 Å². The third kappa shape index (κ3) is 2.72. The number of ether oxygens (including phenoxy) is 1. The van der Waals surface area contributed by atoms with Gasteiger partial charge in [0, 0.05) is 19.0 Å². The zero-order chi connectivity index (χ0) is 14.0. The average molecular weight is 271 g/mol. The minimum atomic E-state index is -1.84. The zero-order valence-electron chi connectivity index (χ0n) is 10.6. The molecule has 1 aliphatic carbocycles. The molecule has 2 fully saturated rings. The Labute approximate surface area is 111 Å². The van der Waals surface area contributed by atoms with E-state index in [4.69, 9.17) is 9.84 Å². The number of carbonyl (C=O) groups excluding carboxylic acids is 1. The van der Waals surface area contributed by atoms with Crippen molar-refractivity contribution in [2.24, 2.45) is 17.8 Å². The van der Waals surface area contributed by atoms with Gasteiger partial charge in [0.2, 0.25) is 6.17 Å². The Morgan fingerprint density at radius 2 is 1.95 bits per heavy atom. The number of alkyl halides is 1. The molecule has 3 atom stereocenters. The van der Waals surface area contributed by atoms with Crippen LogP contribution in [0.2, 0.25) is 0 Å². The van der Waals surface area contributed by atoms with Gasteiger partial charge in [0.05, 0.1) is 6.26 Å². The number of carboxylic acid groups (broad SMARTS) is 1. The third-order valence-electron chi connectivity index (χ3n) is 4.16. The molecule has 3 unspecified atom stereocenters. The minimum Gasteiger partial charge on any atom is -0.479 e. The van der Waals surface area contributed by atoms with Crippen molar-refractivity contribution in [2.45, 2.75) is 25.4 Å². The van der Waals surface area contributed by atoms with Crippen molar-refractivity contribution in [1.29, 1.82) is 0 Å². The van der Waals surface area contributed by atoms with Crippen LogP contribution < -0.4 is 0 Å². The van der Waals surface area contributed by atoms with Crippen LogP contribution in [0.4, 0.5) is 9.18 Å². The fraction of sp³-hybridized carbons (Fsp3) is 0.692. The second kappa shape index (κ2) is 5.59. The maximum atomic E-state index is 13.9. The molecule has 0 aromatic heterocycles. The molecule has 0 aromatic carbocycles. The summed E-state index contributed by atoms with van der Waals surface area (Å²) in [5, 5.41) is 8.86. The molecule has 0 aromatic rings. The van der Waals surface area contributed by atoms with Crippen LogP contribution in [0.3, 0.4) is 0 Å². The van der Waals surface area contributed by atoms with Crippen molar-refractivity contribution in [3.63, 3.8) is 0 Å². The lowest BCUT2D eigenvalue weighted by molar-refractivity contribution is -0.149. The molecule has 1 N–H and O–H groups in total. The quantitative estimate of drug-likeness (QED) is 0.798. The summed E-state index contributed by atoms with van der Waals surface area (Å²) in [6.07, 6.45) is 1.21. The molecule has 19 heavy (non-hydrogen) atoms. The van der Waals surface area contributed by atoms with Crippen LogP contribution in [0.5, 0.6) is 0 Å². The van der Waals surface area contributed by atoms with Gasteiger partial charge in [0.25, 0.3) is 0 Å². The molecule has 2 aliphatic rings. The highest BCUT2D eigenvalue weighted by Crippen LogP contribution is 2.42. The van der Waals surface area contributed by atoms with E-state index >= 15 is 0 Å². The second-order valence-corrected chi connectivity index (χ2v) is 5.22. The number of aliphatic carboxylic acids is 1. The summed E-state index contributed by atoms with van der Waals surface area (Å²) in [7, 11) is 0. The van der Waals surface area contributed by atoms with Gasteiger partial charge in [0.15, 0.2) is 0 Å². The van der Waals surface area contributed by atoms with E-state index in [1.165, 1.54) is 4.90 Å². The molecule has 5 nitrogen and oxygen atoms in total. The van der Waals surface area contributed by atoms with Gasteiger partial charge in [-0.25, -0.2) is 14.0 Å². The number of rotatable bonds is 3. The third-order valence-corrected chi connectivity index (χ3v) is 4.16. The number of halogens is 1. The normalized spacial score (nSPS) is 31.4. The number of amides is 1. The van der Waals surface area contributed by atoms with Crippen molar-refractivity contribution in [1.82, 2.24) is 4.90 Å². The number of nitrogens with zero attached hydrogens (tertiary/aromatic N) is 1. The van der Waals surface area contributed by atoms with E-state index in [0.29, 0.717) is 13.1 Å². The van der Waals surface area contributed by atoms with Crippen molar-refractivity contribution in [3.05, 3.63) is 12.8 Å². The topological polar surface area (TPSA) is 66.8 Å². The Hall–Kier alpha value is -1.59. The van der Waals surface area contributed by atoms with Crippen LogP contribution in [-0.4, -0.2) is 41.3 Å². The van der Waals surface area contributed by atoms with Crippen LogP contribution in [0.25, 0.3) is 0 Å². The van der Waals surface area contributed by atoms with E-state index in [0.717, 1.165) is 25.5 Å². The van der Waals surface area contributed by atoms with Gasteiger partial charge in [-0.1, -0.05) is 13.0 Å². The smallest absolute Gasteiger partial charge is 0.414 e. The molecule has 1 saturated heterocycles. The Balaban J connectivity index is 2.10. The summed E-state index contributed by atoms with van der Waals surface area (Å²) < 4.78 is 18.6. The first kappa shape index (κ1) is 13.8. The Morgan fingerprint density at radius 1 is 1.37 bits per heavy atom. The molecule has 1 heterocycles. The van der Waals surface area contributed by atoms with Crippen molar-refractivity contribution in [3.8, 4) is 0 Å². The fourth-order valence-electron chi connectivity index (χ4n) is 3.42. The van der Waals surface area contributed by atoms with Crippen molar-refractivity contribution in [2.75, 3.05) is 13.1 Å². The van der Waals surface area contributed by atoms with Gasteiger partial charge in [-0.3, -0.25) is 0 Å². The van der Waals surface area contributed by atoms with E-state index in [2.05, 4.69) is 6.58 Å². The summed E-state index contributed by atoms with van der Waals surface area (Å²) in [5.74, 6) is -2.09. The first-order valence-electron chi connectivity index (χ1n) is 6.48. The lowest BCUT2D eigenvalue weighted by atomic mass is 9.67. The van der Waals surface area contributed by atoms with Gasteiger partial charge in [0.1, 0.15) is 0 Å². The largest absolute Gasteiger partial charge is 0.479 e. The van der Waals surface area contributed by atoms with Gasteiger partial charge in [-0.15, -0.1) is 0 Å². The summed E-state index contributed by atoms with van der Waals surface area (Å²) >= 11 is 0. The predicted molar refractivity (Wildman–Crippen MR) is 65.1 cm³/mol. The summed E-state index contributed by atoms with van der Waals surface area (Å²) in [6.45, 7) is 4.05. The number of piperidine rings is 1. The molecule has 2 bridgehead atoms. The van der Waals surface area contributed by atoms with Crippen LogP contribution in [-0.2, 0) is 9.53 Å². The standard InChI is InChI=1S/C13H18FNO4/c1-2-19-13(18)15-6-8-4-3-5-9(7-15)10(8)11(14)12(16)17/h2,8-11H,1,3-7H2,(H,16,17). The lowest BCUT2D eigenvalue weighted by Crippen LogP contribution is -2.54. The molecule has 0 spiro atoms. The zero-order valence-corrected chi connectivity index (χ0v) is 10.6. The van der Waals surface area contributed by atoms with E-state index in [1.807, 2.05) is 0 Å². The van der Waals surface area contributed by atoms with Gasteiger partial charge in [-0.2, -0.15) is 0 Å². The maximum absolute atomic E-state index is 13.9. The van der Waals surface area contributed by atoms with Gasteiger partial charge in [-0.05, 0) is 24.7 Å². The molecular weight excluding hydrogens is 253 g/mol. The molecule has 1 saturated carbocycles. The number of carbonyl (C=O) groups is 2. The van der Waals surface area contributed by atoms with Crippen LogP contribution in [0.1, 0.15) is 19.3 Å². The first-order chi connectivity index (χ1) is 9.04. The monoisotopic (exact) mass is 271 g/mol. The van der Waals surface area contributed by atoms with Gasteiger partial charge < -0.3 is 14.7 Å². The Bertz CT molecular complexity index is 373. The number of hydrogen-bond donors (Lipinski definition) is 1.